The summed E-state index contributed by atoms with van der Waals surface area (Å²) in [5.41, 5.74) is -0.205. The fourth-order valence-electron chi connectivity index (χ4n) is 1.21. The normalized spacial score (nSPS) is 12.3. The molecule has 5 heteroatoms. The van der Waals surface area contributed by atoms with E-state index in [-0.39, 0.29) is 17.3 Å². The Morgan fingerprint density at radius 2 is 2.00 bits per heavy atom. The molecule has 0 aliphatic carbocycles. The van der Waals surface area contributed by atoms with Crippen LogP contribution in [0.4, 0.5) is 14.5 Å². The van der Waals surface area contributed by atoms with Gasteiger partial charge in [0.2, 0.25) is 0 Å². The summed E-state index contributed by atoms with van der Waals surface area (Å²) >= 11 is 0. The van der Waals surface area contributed by atoms with Crippen molar-refractivity contribution in [1.82, 2.24) is 4.90 Å². The molecule has 17 heavy (non-hydrogen) atoms. The van der Waals surface area contributed by atoms with Gasteiger partial charge in [-0.05, 0) is 33.2 Å². The third kappa shape index (κ3) is 3.14. The maximum atomic E-state index is 13.5. The van der Waals surface area contributed by atoms with Gasteiger partial charge in [0.1, 0.15) is 6.07 Å². The van der Waals surface area contributed by atoms with Crippen molar-refractivity contribution in [2.45, 2.75) is 13.0 Å². The van der Waals surface area contributed by atoms with Gasteiger partial charge in [-0.3, -0.25) is 0 Å². The number of nitrogens with zero attached hydrogens (tertiary/aromatic N) is 2. The summed E-state index contributed by atoms with van der Waals surface area (Å²) in [5.74, 6) is -2.11. The summed E-state index contributed by atoms with van der Waals surface area (Å²) in [6.45, 7) is 2.46. The first-order valence-corrected chi connectivity index (χ1v) is 5.25. The van der Waals surface area contributed by atoms with Crippen molar-refractivity contribution in [2.24, 2.45) is 0 Å². The van der Waals surface area contributed by atoms with Crippen molar-refractivity contribution in [3.8, 4) is 6.07 Å². The van der Waals surface area contributed by atoms with Crippen LogP contribution in [-0.2, 0) is 0 Å². The lowest BCUT2D eigenvalue weighted by molar-refractivity contribution is 0.326. The molecule has 1 aromatic carbocycles. The van der Waals surface area contributed by atoms with Crippen molar-refractivity contribution >= 4 is 5.69 Å². The van der Waals surface area contributed by atoms with Crippen molar-refractivity contribution in [2.75, 3.05) is 26.0 Å². The Kier molecular flexibility index (Phi) is 4.41. The Morgan fingerprint density at radius 3 is 2.53 bits per heavy atom. The molecule has 0 heterocycles. The maximum Gasteiger partial charge on any atom is 0.183 e. The molecule has 92 valence electrons. The first-order valence-electron chi connectivity index (χ1n) is 5.25. The number of anilines is 1. The Morgan fingerprint density at radius 1 is 1.35 bits per heavy atom. The van der Waals surface area contributed by atoms with Crippen LogP contribution in [0.15, 0.2) is 12.1 Å². The molecule has 0 saturated carbocycles. The molecule has 0 aliphatic heterocycles. The van der Waals surface area contributed by atoms with Crippen LogP contribution in [0.2, 0.25) is 0 Å². The fraction of sp³-hybridized carbons (Fsp3) is 0.417. The molecule has 1 atom stereocenters. The van der Waals surface area contributed by atoms with Gasteiger partial charge in [-0.15, -0.1) is 0 Å². The second kappa shape index (κ2) is 5.60. The van der Waals surface area contributed by atoms with Gasteiger partial charge in [0.05, 0.1) is 11.3 Å². The number of benzene rings is 1. The molecule has 0 fully saturated rings. The zero-order chi connectivity index (χ0) is 13.0. The van der Waals surface area contributed by atoms with Gasteiger partial charge in [-0.25, -0.2) is 8.78 Å². The molecule has 0 aliphatic rings. The van der Waals surface area contributed by atoms with Crippen LogP contribution >= 0.6 is 0 Å². The number of rotatable bonds is 4. The summed E-state index contributed by atoms with van der Waals surface area (Å²) in [4.78, 5) is 1.96. The van der Waals surface area contributed by atoms with Gasteiger partial charge in [0.25, 0.3) is 0 Å². The second-order valence-electron chi connectivity index (χ2n) is 4.09. The molecule has 0 radical (unpaired) electrons. The van der Waals surface area contributed by atoms with E-state index in [4.69, 9.17) is 5.26 Å². The number of nitriles is 1. The first-order chi connectivity index (χ1) is 7.97. The van der Waals surface area contributed by atoms with Crippen LogP contribution in [0.1, 0.15) is 12.5 Å². The summed E-state index contributed by atoms with van der Waals surface area (Å²) in [6, 6.07) is 4.42. The average Bonchev–Trinajstić information content (AvgIpc) is 2.30. The summed E-state index contributed by atoms with van der Waals surface area (Å²) in [7, 11) is 3.81. The van der Waals surface area contributed by atoms with Crippen LogP contribution in [-0.4, -0.2) is 31.6 Å². The third-order valence-corrected chi connectivity index (χ3v) is 2.67. The van der Waals surface area contributed by atoms with E-state index in [0.29, 0.717) is 6.54 Å². The minimum atomic E-state index is -1.10. The molecule has 0 amide bonds. The van der Waals surface area contributed by atoms with Crippen molar-refractivity contribution in [3.63, 3.8) is 0 Å². The molecule has 0 aromatic heterocycles. The molecule has 1 aromatic rings. The third-order valence-electron chi connectivity index (χ3n) is 2.67. The van der Waals surface area contributed by atoms with E-state index >= 15 is 0 Å². The lowest BCUT2D eigenvalue weighted by Crippen LogP contribution is -2.31. The Labute approximate surface area is 99.7 Å². The van der Waals surface area contributed by atoms with Crippen molar-refractivity contribution < 1.29 is 8.78 Å². The minimum absolute atomic E-state index is 0.0789. The van der Waals surface area contributed by atoms with Gasteiger partial charge < -0.3 is 10.2 Å². The van der Waals surface area contributed by atoms with Crippen LogP contribution in [0.25, 0.3) is 0 Å². The highest BCUT2D eigenvalue weighted by atomic mass is 19.2. The molecule has 0 saturated heterocycles. The fourth-order valence-corrected chi connectivity index (χ4v) is 1.21. The van der Waals surface area contributed by atoms with E-state index in [9.17, 15) is 8.78 Å². The number of nitrogens with one attached hydrogen (secondary N) is 1. The maximum absolute atomic E-state index is 13.5. The van der Waals surface area contributed by atoms with E-state index in [2.05, 4.69) is 5.32 Å². The van der Waals surface area contributed by atoms with Gasteiger partial charge in [-0.1, -0.05) is 0 Å². The van der Waals surface area contributed by atoms with E-state index in [0.717, 1.165) is 0 Å². The van der Waals surface area contributed by atoms with Gasteiger partial charge in [0.15, 0.2) is 11.6 Å². The first kappa shape index (κ1) is 13.4. The highest BCUT2D eigenvalue weighted by Crippen LogP contribution is 2.20. The molecule has 1 rings (SSSR count). The number of likely N-dealkylation sites (N-methyl/N-ethyl adjacent to an activating group) is 1. The number of halogens is 2. The largest absolute Gasteiger partial charge is 0.381 e. The molecule has 1 N–H and O–H groups in total. The SMILES string of the molecule is CC(CNc1ccc(C#N)c(F)c1F)N(C)C. The van der Waals surface area contributed by atoms with E-state index < -0.39 is 11.6 Å². The highest BCUT2D eigenvalue weighted by Gasteiger charge is 2.13. The van der Waals surface area contributed by atoms with Crippen molar-refractivity contribution in [1.29, 1.82) is 5.26 Å². The standard InChI is InChI=1S/C12H15F2N3/c1-8(17(2)3)7-16-10-5-4-9(6-15)11(13)12(10)14/h4-5,8,16H,7H2,1-3H3. The molecule has 3 nitrogen and oxygen atoms in total. The van der Waals surface area contributed by atoms with Gasteiger partial charge in [0, 0.05) is 12.6 Å². The topological polar surface area (TPSA) is 39.1 Å². The highest BCUT2D eigenvalue weighted by molar-refractivity contribution is 5.49. The van der Waals surface area contributed by atoms with E-state index in [1.165, 1.54) is 12.1 Å². The zero-order valence-corrected chi connectivity index (χ0v) is 10.1. The Bertz CT molecular complexity index is 438. The quantitative estimate of drug-likeness (QED) is 0.875. The molecule has 1 unspecified atom stereocenters. The smallest absolute Gasteiger partial charge is 0.183 e. The van der Waals surface area contributed by atoms with Crippen molar-refractivity contribution in [3.05, 3.63) is 29.3 Å². The minimum Gasteiger partial charge on any atom is -0.381 e. The molecule has 0 spiro atoms. The lowest BCUT2D eigenvalue weighted by atomic mass is 10.2. The monoisotopic (exact) mass is 239 g/mol. The molecular weight excluding hydrogens is 224 g/mol. The predicted octanol–water partition coefficient (Wildman–Crippen LogP) is 2.20. The van der Waals surface area contributed by atoms with E-state index in [1.807, 2.05) is 25.9 Å². The average molecular weight is 239 g/mol. The Hall–Kier alpha value is -1.67. The summed E-state index contributed by atoms with van der Waals surface area (Å²) < 4.78 is 26.8. The number of hydrogen-bond donors (Lipinski definition) is 1. The number of hydrogen-bond acceptors (Lipinski definition) is 3. The molecule has 0 bridgehead atoms. The van der Waals surface area contributed by atoms with Crippen LogP contribution in [0.3, 0.4) is 0 Å². The summed E-state index contributed by atoms with van der Waals surface area (Å²) in [5, 5.41) is 11.4. The lowest BCUT2D eigenvalue weighted by Gasteiger charge is -2.20. The zero-order valence-electron chi connectivity index (χ0n) is 10.1. The van der Waals surface area contributed by atoms with E-state index in [1.54, 1.807) is 6.07 Å². The van der Waals surface area contributed by atoms with Crippen LogP contribution in [0.5, 0.6) is 0 Å². The summed E-state index contributed by atoms with van der Waals surface area (Å²) in [6.07, 6.45) is 0. The molecular formula is C12H15F2N3. The van der Waals surface area contributed by atoms with Gasteiger partial charge >= 0.3 is 0 Å². The predicted molar refractivity (Wildman–Crippen MR) is 62.7 cm³/mol. The van der Waals surface area contributed by atoms with Crippen LogP contribution in [0, 0.1) is 23.0 Å². The Balaban J connectivity index is 2.81. The van der Waals surface area contributed by atoms with Gasteiger partial charge in [-0.2, -0.15) is 5.26 Å². The van der Waals surface area contributed by atoms with Crippen LogP contribution < -0.4 is 5.32 Å². The second-order valence-corrected chi connectivity index (χ2v) is 4.09.